The van der Waals surface area contributed by atoms with Gasteiger partial charge < -0.3 is 4.74 Å². The van der Waals surface area contributed by atoms with Crippen molar-refractivity contribution in [1.29, 1.82) is 0 Å². The van der Waals surface area contributed by atoms with Crippen LogP contribution in [0.25, 0.3) is 0 Å². The molecule has 0 radical (unpaired) electrons. The Hall–Kier alpha value is -1.05. The van der Waals surface area contributed by atoms with Gasteiger partial charge in [0.15, 0.2) is 0 Å². The zero-order valence-corrected chi connectivity index (χ0v) is 12.5. The van der Waals surface area contributed by atoms with Crippen molar-refractivity contribution in [3.05, 3.63) is 23.8 Å². The van der Waals surface area contributed by atoms with Crippen LogP contribution < -0.4 is 0 Å². The number of carbonyl (C=O) groups is 1. The Balaban J connectivity index is 2.80. The molecule has 18 heavy (non-hydrogen) atoms. The minimum atomic E-state index is -0.226. The van der Waals surface area contributed by atoms with Crippen LogP contribution in [0.1, 0.15) is 48.0 Å². The highest BCUT2D eigenvalue weighted by Crippen LogP contribution is 2.45. The fourth-order valence-electron chi connectivity index (χ4n) is 2.66. The Morgan fingerprint density at radius 1 is 1.56 bits per heavy atom. The van der Waals surface area contributed by atoms with Gasteiger partial charge in [0.25, 0.3) is 0 Å². The van der Waals surface area contributed by atoms with Crippen LogP contribution in [0.15, 0.2) is 23.8 Å². The molecule has 2 heteroatoms. The van der Waals surface area contributed by atoms with E-state index in [1.54, 1.807) is 0 Å². The quantitative estimate of drug-likeness (QED) is 0.556. The van der Waals surface area contributed by atoms with Crippen molar-refractivity contribution < 1.29 is 9.53 Å². The topological polar surface area (TPSA) is 26.3 Å². The summed E-state index contributed by atoms with van der Waals surface area (Å²) in [5.41, 5.74) is 1.68. The predicted molar refractivity (Wildman–Crippen MR) is 75.2 cm³/mol. The number of allylic oxidation sites excluding steroid dienone is 3. The highest BCUT2D eigenvalue weighted by molar-refractivity contribution is 5.66. The summed E-state index contributed by atoms with van der Waals surface area (Å²) >= 11 is 0. The van der Waals surface area contributed by atoms with Crippen molar-refractivity contribution in [2.75, 3.05) is 0 Å². The molecule has 0 aromatic rings. The Morgan fingerprint density at radius 2 is 2.17 bits per heavy atom. The molecule has 0 saturated carbocycles. The summed E-state index contributed by atoms with van der Waals surface area (Å²) in [6.07, 6.45) is 7.55. The summed E-state index contributed by atoms with van der Waals surface area (Å²) in [5, 5.41) is 0. The van der Waals surface area contributed by atoms with Crippen molar-refractivity contribution in [3.63, 3.8) is 0 Å². The van der Waals surface area contributed by atoms with E-state index in [4.69, 9.17) is 4.74 Å². The van der Waals surface area contributed by atoms with Gasteiger partial charge >= 0.3 is 5.97 Å². The molecule has 0 aliphatic heterocycles. The lowest BCUT2D eigenvalue weighted by Gasteiger charge is -2.42. The second-order valence-electron chi connectivity index (χ2n) is 6.08. The van der Waals surface area contributed by atoms with Gasteiger partial charge in [-0.25, -0.2) is 0 Å². The lowest BCUT2D eigenvalue weighted by Crippen LogP contribution is -2.33. The monoisotopic (exact) mass is 250 g/mol. The van der Waals surface area contributed by atoms with Gasteiger partial charge in [-0.1, -0.05) is 38.5 Å². The normalized spacial score (nSPS) is 28.9. The lowest BCUT2D eigenvalue weighted by atomic mass is 9.63. The van der Waals surface area contributed by atoms with Crippen LogP contribution in [0.3, 0.4) is 0 Å². The maximum atomic E-state index is 10.9. The minimum absolute atomic E-state index is 0.150. The molecule has 0 saturated heterocycles. The Labute approximate surface area is 111 Å². The summed E-state index contributed by atoms with van der Waals surface area (Å²) in [7, 11) is 0. The first-order valence-corrected chi connectivity index (χ1v) is 6.77. The summed E-state index contributed by atoms with van der Waals surface area (Å²) in [6, 6.07) is 0. The zero-order valence-electron chi connectivity index (χ0n) is 12.5. The van der Waals surface area contributed by atoms with Crippen LogP contribution in [-0.4, -0.2) is 12.1 Å². The van der Waals surface area contributed by atoms with E-state index in [0.717, 1.165) is 6.42 Å². The van der Waals surface area contributed by atoms with Gasteiger partial charge in [0, 0.05) is 12.8 Å². The van der Waals surface area contributed by atoms with E-state index in [0.29, 0.717) is 11.8 Å². The van der Waals surface area contributed by atoms with Crippen LogP contribution in [0.5, 0.6) is 0 Å². The summed E-state index contributed by atoms with van der Waals surface area (Å²) in [5.74, 6) is 0.870. The van der Waals surface area contributed by atoms with E-state index < -0.39 is 0 Å². The lowest BCUT2D eigenvalue weighted by molar-refractivity contribution is -0.143. The fraction of sp³-hybridized carbons (Fsp3) is 0.688. The molecule has 102 valence electrons. The van der Waals surface area contributed by atoms with Gasteiger partial charge in [0.1, 0.15) is 6.10 Å². The van der Waals surface area contributed by atoms with Crippen LogP contribution >= 0.6 is 0 Å². The van der Waals surface area contributed by atoms with Gasteiger partial charge in [-0.05, 0) is 37.7 Å². The molecule has 0 heterocycles. The van der Waals surface area contributed by atoms with E-state index in [-0.39, 0.29) is 17.5 Å². The highest BCUT2D eigenvalue weighted by atomic mass is 16.5. The minimum Gasteiger partial charge on any atom is -0.459 e. The van der Waals surface area contributed by atoms with Gasteiger partial charge in [0.2, 0.25) is 0 Å². The summed E-state index contributed by atoms with van der Waals surface area (Å²) in [6.45, 7) is 12.5. The number of rotatable bonds is 3. The number of hydrogen-bond acceptors (Lipinski definition) is 2. The number of carbonyl (C=O) groups excluding carboxylic acids is 1. The average Bonchev–Trinajstić information content (AvgIpc) is 2.22. The zero-order chi connectivity index (χ0) is 13.9. The smallest absolute Gasteiger partial charge is 0.303 e. The first kappa shape index (κ1) is 15.0. The van der Waals surface area contributed by atoms with Crippen LogP contribution in [0, 0.1) is 17.3 Å². The SMILES string of the molecule is CC(=O)O[C@H](C)/C=C/[C@@H]1C(C)=CC[C@H](C)C1(C)C. The largest absolute Gasteiger partial charge is 0.459 e. The van der Waals surface area contributed by atoms with Gasteiger partial charge in [-0.15, -0.1) is 0 Å². The first-order valence-electron chi connectivity index (χ1n) is 6.77. The van der Waals surface area contributed by atoms with Gasteiger partial charge in [-0.3, -0.25) is 4.79 Å². The van der Waals surface area contributed by atoms with Gasteiger partial charge in [0.05, 0.1) is 0 Å². The van der Waals surface area contributed by atoms with E-state index in [2.05, 4.69) is 39.8 Å². The van der Waals surface area contributed by atoms with Crippen molar-refractivity contribution in [3.8, 4) is 0 Å². The molecule has 3 atom stereocenters. The second-order valence-corrected chi connectivity index (χ2v) is 6.08. The molecule has 0 aromatic heterocycles. The van der Waals surface area contributed by atoms with E-state index in [1.165, 1.54) is 12.5 Å². The van der Waals surface area contributed by atoms with Crippen molar-refractivity contribution in [2.45, 2.75) is 54.1 Å². The van der Waals surface area contributed by atoms with E-state index in [1.807, 2.05) is 13.0 Å². The molecule has 0 aromatic carbocycles. The molecule has 0 unspecified atom stereocenters. The molecule has 2 nitrogen and oxygen atoms in total. The standard InChI is InChI=1S/C16H26O2/c1-11-7-8-12(2)16(5,6)15(11)10-9-13(3)18-14(4)17/h7,9-10,12-13,15H,8H2,1-6H3/b10-9+/t12-,13+,15+/m0/s1. The van der Waals surface area contributed by atoms with E-state index in [9.17, 15) is 4.79 Å². The molecule has 0 bridgehead atoms. The van der Waals surface area contributed by atoms with Crippen LogP contribution in [0.4, 0.5) is 0 Å². The first-order chi connectivity index (χ1) is 8.25. The molecule has 1 aliphatic rings. The van der Waals surface area contributed by atoms with Crippen molar-refractivity contribution in [1.82, 2.24) is 0 Å². The third-order valence-corrected chi connectivity index (χ3v) is 4.28. The molecule has 0 N–H and O–H groups in total. The van der Waals surface area contributed by atoms with Crippen molar-refractivity contribution in [2.24, 2.45) is 17.3 Å². The van der Waals surface area contributed by atoms with Crippen molar-refractivity contribution >= 4 is 5.97 Å². The summed E-state index contributed by atoms with van der Waals surface area (Å²) < 4.78 is 5.13. The van der Waals surface area contributed by atoms with Crippen LogP contribution in [0.2, 0.25) is 0 Å². The third-order valence-electron chi connectivity index (χ3n) is 4.28. The maximum absolute atomic E-state index is 10.9. The number of ether oxygens (including phenoxy) is 1. The average molecular weight is 250 g/mol. The third kappa shape index (κ3) is 3.47. The molecule has 1 rings (SSSR count). The number of esters is 1. The fourth-order valence-corrected chi connectivity index (χ4v) is 2.66. The van der Waals surface area contributed by atoms with Gasteiger partial charge in [-0.2, -0.15) is 0 Å². The van der Waals surface area contributed by atoms with Crippen LogP contribution in [-0.2, 0) is 9.53 Å². The Bertz CT molecular complexity index is 363. The maximum Gasteiger partial charge on any atom is 0.303 e. The van der Waals surface area contributed by atoms with E-state index >= 15 is 0 Å². The Morgan fingerprint density at radius 3 is 2.72 bits per heavy atom. The molecule has 1 aliphatic carbocycles. The molecular formula is C16H26O2. The predicted octanol–water partition coefficient (Wildman–Crippen LogP) is 4.12. The summed E-state index contributed by atoms with van der Waals surface area (Å²) in [4.78, 5) is 10.9. The molecular weight excluding hydrogens is 224 g/mol. The molecule has 0 spiro atoms. The highest BCUT2D eigenvalue weighted by Gasteiger charge is 2.36. The second kappa shape index (κ2) is 5.73. The molecule has 0 amide bonds. The molecule has 0 fully saturated rings. The number of hydrogen-bond donors (Lipinski definition) is 0. The Kier molecular flexibility index (Phi) is 4.78.